The fraction of sp³-hybridized carbons (Fsp3) is 0. The first-order valence-electron chi connectivity index (χ1n) is 1.32. The third kappa shape index (κ3) is 23.6. The van der Waals surface area contributed by atoms with Crippen LogP contribution in [-0.4, -0.2) is 11.9 Å². The molecule has 0 aromatic heterocycles. The average molecular weight is 277 g/mol. The second-order valence-electron chi connectivity index (χ2n) is 0.623. The summed E-state index contributed by atoms with van der Waals surface area (Å²) in [7, 11) is 9.47. The van der Waals surface area contributed by atoms with Gasteiger partial charge in [0.25, 0.3) is 0 Å². The minimum absolute atomic E-state index is 0. The molecule has 0 atom stereocenters. The number of aliphatic carboxylic acids is 2. The van der Waals surface area contributed by atoms with Crippen LogP contribution in [0.4, 0.5) is 0 Å². The second kappa shape index (κ2) is 12.2. The number of hydrogen-bond acceptors (Lipinski definition) is 4. The average Bonchev–Trinajstić information content (AvgIpc) is 1.68. The van der Waals surface area contributed by atoms with Crippen LogP contribution in [0.15, 0.2) is 0 Å². The summed E-state index contributed by atoms with van der Waals surface area (Å²) in [5.74, 6) is -4.37. The monoisotopic (exact) mass is 276 g/mol. The van der Waals surface area contributed by atoms with Crippen molar-refractivity contribution in [3.05, 3.63) is 0 Å². The molecule has 0 aliphatic heterocycles. The fourth-order valence-electron chi connectivity index (χ4n) is 0. The predicted octanol–water partition coefficient (Wildman–Crippen LogP) is -2.14. The van der Waals surface area contributed by atoms with Crippen LogP contribution in [0.5, 0.6) is 0 Å². The minimum Gasteiger partial charge on any atom is 2.00 e. The van der Waals surface area contributed by atoms with Crippen molar-refractivity contribution in [1.82, 2.24) is 0 Å². The molecule has 0 saturated carbocycles. The van der Waals surface area contributed by atoms with Gasteiger partial charge < -0.3 is 19.8 Å². The van der Waals surface area contributed by atoms with Crippen molar-refractivity contribution in [3.8, 4) is 0 Å². The van der Waals surface area contributed by atoms with E-state index in [0.29, 0.717) is 12.9 Å². The molecule has 0 bridgehead atoms. The molecule has 10 heavy (non-hydrogen) atoms. The van der Waals surface area contributed by atoms with Gasteiger partial charge in [-0.3, -0.25) is 0 Å². The van der Waals surface area contributed by atoms with E-state index in [0.717, 1.165) is 0 Å². The summed E-state index contributed by atoms with van der Waals surface area (Å²) in [5.41, 5.74) is 0. The van der Waals surface area contributed by atoms with Crippen LogP contribution >= 0.6 is 20.3 Å². The Morgan fingerprint density at radius 1 is 1.10 bits per heavy atom. The first-order chi connectivity index (χ1) is 4.06. The van der Waals surface area contributed by atoms with Crippen LogP contribution in [0.3, 0.4) is 0 Å². The summed E-state index contributed by atoms with van der Waals surface area (Å²) in [4.78, 5) is 17.9. The molecule has 4 nitrogen and oxygen atoms in total. The molecular formula is C2Cl2Co2O4. The van der Waals surface area contributed by atoms with E-state index in [1.54, 1.807) is 0 Å². The molecule has 0 fully saturated rings. The Kier molecular flexibility index (Phi) is 20.6. The Bertz CT molecular complexity index is 95.4. The number of rotatable bonds is 0. The summed E-state index contributed by atoms with van der Waals surface area (Å²) in [5, 5.41) is 17.9. The van der Waals surface area contributed by atoms with Gasteiger partial charge in [-0.05, 0) is 0 Å². The molecular weight excluding hydrogens is 277 g/mol. The smallest absolute Gasteiger partial charge is 2.00 e. The summed E-state index contributed by atoms with van der Waals surface area (Å²) in [6.45, 7) is 0. The van der Waals surface area contributed by atoms with Crippen molar-refractivity contribution in [2.45, 2.75) is 0 Å². The van der Waals surface area contributed by atoms with E-state index >= 15 is 0 Å². The molecule has 8 heteroatoms. The van der Waals surface area contributed by atoms with Gasteiger partial charge in [-0.15, -0.1) is 0 Å². The standard InChI is InChI=1S/C2H2O4.2ClH.2Co/c3-1(4)2(5)6;;;;/h(H,3,4)(H,5,6);2*1H;;/q;;;2*+2/p-4. The number of carboxylic acids is 2. The topological polar surface area (TPSA) is 80.3 Å². The molecule has 0 aliphatic rings. The van der Waals surface area contributed by atoms with Crippen molar-refractivity contribution >= 4 is 32.2 Å². The largest absolute Gasteiger partial charge is 2.00 e. The third-order valence-electron chi connectivity index (χ3n) is 0.167. The quantitative estimate of drug-likeness (QED) is 0.473. The SMILES string of the molecule is O=C([O-])C(=O)[O-].[Cl][Co][Cl].[Co+2]. The maximum Gasteiger partial charge on any atom is 2.00 e. The molecule has 64 valence electrons. The fourth-order valence-corrected chi connectivity index (χ4v) is 0. The number of carboxylic acid groups (broad SMARTS) is 2. The summed E-state index contributed by atoms with van der Waals surface area (Å²) in [6.07, 6.45) is 0. The van der Waals surface area contributed by atoms with Crippen LogP contribution in [0.1, 0.15) is 0 Å². The zero-order chi connectivity index (χ0) is 7.86. The zero-order valence-electron chi connectivity index (χ0n) is 4.06. The Morgan fingerprint density at radius 3 is 1.20 bits per heavy atom. The predicted molar refractivity (Wildman–Crippen MR) is 21.7 cm³/mol. The number of halogens is 2. The molecule has 0 amide bonds. The molecule has 0 saturated heterocycles. The van der Waals surface area contributed by atoms with E-state index in [9.17, 15) is 0 Å². The molecule has 0 aromatic rings. The summed E-state index contributed by atoms with van der Waals surface area (Å²) in [6, 6.07) is 0. The van der Waals surface area contributed by atoms with Gasteiger partial charge in [0.15, 0.2) is 0 Å². The Hall–Kier alpha value is 0.533. The number of carbonyl (C=O) groups is 2. The molecule has 0 heterocycles. The van der Waals surface area contributed by atoms with E-state index in [1.807, 2.05) is 0 Å². The number of hydrogen-bond donors (Lipinski definition) is 0. The van der Waals surface area contributed by atoms with Crippen molar-refractivity contribution in [2.75, 3.05) is 0 Å². The van der Waals surface area contributed by atoms with Crippen LogP contribution < -0.4 is 10.2 Å². The van der Waals surface area contributed by atoms with E-state index in [1.165, 1.54) is 0 Å². The normalized spacial score (nSPS) is 6.60. The van der Waals surface area contributed by atoms with Gasteiger partial charge in [-0.2, -0.15) is 0 Å². The second-order valence-corrected chi connectivity index (χ2v) is 2.34. The first-order valence-corrected chi connectivity index (χ1v) is 4.18. The van der Waals surface area contributed by atoms with E-state index in [2.05, 4.69) is 0 Å². The van der Waals surface area contributed by atoms with Crippen molar-refractivity contribution in [1.29, 1.82) is 0 Å². The van der Waals surface area contributed by atoms with Gasteiger partial charge in [0, 0.05) is 0 Å². The Morgan fingerprint density at radius 2 is 1.20 bits per heavy atom. The van der Waals surface area contributed by atoms with E-state index in [-0.39, 0.29) is 16.8 Å². The van der Waals surface area contributed by atoms with Gasteiger partial charge in [-0.1, -0.05) is 0 Å². The van der Waals surface area contributed by atoms with Gasteiger partial charge in [0.1, 0.15) is 0 Å². The van der Waals surface area contributed by atoms with Crippen molar-refractivity contribution < 1.29 is 49.5 Å². The van der Waals surface area contributed by atoms with E-state index < -0.39 is 11.9 Å². The Labute approximate surface area is 81.6 Å². The maximum atomic E-state index is 8.93. The van der Waals surface area contributed by atoms with Crippen LogP contribution in [0.25, 0.3) is 0 Å². The molecule has 1 radical (unpaired) electrons. The molecule has 0 N–H and O–H groups in total. The Balaban J connectivity index is -0.000000107. The molecule has 0 unspecified atom stereocenters. The van der Waals surface area contributed by atoms with Crippen LogP contribution in [-0.2, 0) is 39.3 Å². The first kappa shape index (κ1) is 16.9. The summed E-state index contributed by atoms with van der Waals surface area (Å²) < 4.78 is 0. The molecule has 0 aromatic carbocycles. The zero-order valence-corrected chi connectivity index (χ0v) is 7.65. The van der Waals surface area contributed by atoms with Crippen LogP contribution in [0.2, 0.25) is 0 Å². The summed E-state index contributed by atoms with van der Waals surface area (Å²) >= 11 is 0.382. The van der Waals surface area contributed by atoms with Gasteiger partial charge in [0.05, 0.1) is 11.9 Å². The molecule has 0 aliphatic carbocycles. The van der Waals surface area contributed by atoms with Gasteiger partial charge in [-0.25, -0.2) is 0 Å². The minimum atomic E-state index is -2.19. The van der Waals surface area contributed by atoms with Gasteiger partial charge >= 0.3 is 50.0 Å². The third-order valence-corrected chi connectivity index (χ3v) is 0.167. The molecule has 0 spiro atoms. The van der Waals surface area contributed by atoms with Crippen LogP contribution in [0, 0.1) is 0 Å². The van der Waals surface area contributed by atoms with Crippen molar-refractivity contribution in [3.63, 3.8) is 0 Å². The molecule has 0 rings (SSSR count). The number of carbonyl (C=O) groups excluding carboxylic acids is 2. The van der Waals surface area contributed by atoms with E-state index in [4.69, 9.17) is 40.1 Å². The van der Waals surface area contributed by atoms with Gasteiger partial charge in [0.2, 0.25) is 0 Å². The van der Waals surface area contributed by atoms with Crippen molar-refractivity contribution in [2.24, 2.45) is 0 Å². The maximum absolute atomic E-state index is 8.93.